The standard InChI is InChI=1S/C41H58O2/c1-29(18-14-20-31(3)22-24-36-34(6)26-33(5)28-40(36,8)9)16-12-13-17-30(2)19-15-21-32(4)23-25-37(42)39-35(7)27-38(43)41(39,10)11/h12-25,33,35,38-39,43H,26-28H2,1-11H3/b13-12+,18-14+,19-15+,24-22+,25-23+,29-16+,30-17+,31-20+,32-21+/t33-,35+,38-,39+/m1/s1. The summed E-state index contributed by atoms with van der Waals surface area (Å²) in [4.78, 5) is 12.8. The Balaban J connectivity index is 1.88. The summed E-state index contributed by atoms with van der Waals surface area (Å²) in [5.74, 6) is 0.928. The first-order valence-corrected chi connectivity index (χ1v) is 16.0. The van der Waals surface area contributed by atoms with Crippen LogP contribution >= 0.6 is 0 Å². The number of hydrogen-bond acceptors (Lipinski definition) is 2. The number of hydrogen-bond donors (Lipinski definition) is 1. The van der Waals surface area contributed by atoms with Gasteiger partial charge in [0.05, 0.1) is 6.10 Å². The third kappa shape index (κ3) is 11.2. The van der Waals surface area contributed by atoms with Crippen molar-refractivity contribution in [1.29, 1.82) is 0 Å². The molecule has 0 aromatic heterocycles. The van der Waals surface area contributed by atoms with Crippen LogP contribution in [0.5, 0.6) is 0 Å². The van der Waals surface area contributed by atoms with Crippen molar-refractivity contribution >= 4 is 5.78 Å². The van der Waals surface area contributed by atoms with Gasteiger partial charge in [0, 0.05) is 11.3 Å². The maximum Gasteiger partial charge on any atom is 0.159 e. The van der Waals surface area contributed by atoms with Gasteiger partial charge >= 0.3 is 0 Å². The van der Waals surface area contributed by atoms with E-state index in [1.165, 1.54) is 35.1 Å². The van der Waals surface area contributed by atoms with Gasteiger partial charge in [0.1, 0.15) is 0 Å². The lowest BCUT2D eigenvalue weighted by Crippen LogP contribution is -2.34. The van der Waals surface area contributed by atoms with E-state index in [0.29, 0.717) is 6.42 Å². The first-order valence-electron chi connectivity index (χ1n) is 16.0. The zero-order valence-corrected chi connectivity index (χ0v) is 28.9. The Kier molecular flexibility index (Phi) is 13.6. The fourth-order valence-corrected chi connectivity index (χ4v) is 6.88. The van der Waals surface area contributed by atoms with Crippen molar-refractivity contribution in [3.8, 4) is 0 Å². The summed E-state index contributed by atoms with van der Waals surface area (Å²) >= 11 is 0. The minimum Gasteiger partial charge on any atom is -0.393 e. The fourth-order valence-electron chi connectivity index (χ4n) is 6.88. The van der Waals surface area contributed by atoms with E-state index in [1.807, 2.05) is 39.0 Å². The van der Waals surface area contributed by atoms with Gasteiger partial charge in [-0.3, -0.25) is 4.79 Å². The van der Waals surface area contributed by atoms with E-state index >= 15 is 0 Å². The molecule has 43 heavy (non-hydrogen) atoms. The molecule has 0 unspecified atom stereocenters. The van der Waals surface area contributed by atoms with Crippen molar-refractivity contribution in [2.24, 2.45) is 28.6 Å². The molecule has 0 radical (unpaired) electrons. The molecule has 0 aromatic rings. The van der Waals surface area contributed by atoms with E-state index < -0.39 is 6.10 Å². The number of ketones is 1. The number of aliphatic hydroxyl groups is 1. The average molecular weight is 583 g/mol. The smallest absolute Gasteiger partial charge is 0.159 e. The predicted molar refractivity (Wildman–Crippen MR) is 188 cm³/mol. The van der Waals surface area contributed by atoms with Crippen molar-refractivity contribution in [3.05, 3.63) is 119 Å². The van der Waals surface area contributed by atoms with Crippen LogP contribution in [0.1, 0.15) is 95.4 Å². The number of carbonyl (C=O) groups excluding carboxylic acids is 1. The zero-order chi connectivity index (χ0) is 32.4. The molecule has 2 aliphatic rings. The van der Waals surface area contributed by atoms with Gasteiger partial charge in [-0.15, -0.1) is 0 Å². The lowest BCUT2D eigenvalue weighted by Gasteiger charge is -2.36. The molecule has 1 N–H and O–H groups in total. The predicted octanol–water partition coefficient (Wildman–Crippen LogP) is 10.9. The number of allylic oxidation sites excluding steroid dienone is 20. The summed E-state index contributed by atoms with van der Waals surface area (Å²) < 4.78 is 0. The minimum atomic E-state index is -0.422. The number of carbonyl (C=O) groups is 1. The molecule has 0 aliphatic heterocycles. The maximum atomic E-state index is 12.8. The van der Waals surface area contributed by atoms with E-state index in [0.717, 1.165) is 17.1 Å². The fraction of sp³-hybridized carbons (Fsp3) is 0.488. The third-order valence-electron chi connectivity index (χ3n) is 9.12. The summed E-state index contributed by atoms with van der Waals surface area (Å²) in [6, 6.07) is 0. The van der Waals surface area contributed by atoms with Gasteiger partial charge < -0.3 is 5.11 Å². The second-order valence-corrected chi connectivity index (χ2v) is 14.4. The molecule has 2 rings (SSSR count). The Hall–Kier alpha value is -2.97. The second-order valence-electron chi connectivity index (χ2n) is 14.4. The van der Waals surface area contributed by atoms with Crippen LogP contribution in [0, 0.1) is 28.6 Å². The molecule has 2 aliphatic carbocycles. The normalized spacial score (nSPS) is 27.7. The van der Waals surface area contributed by atoms with Crippen LogP contribution < -0.4 is 0 Å². The molecule has 0 saturated heterocycles. The summed E-state index contributed by atoms with van der Waals surface area (Å²) in [5, 5.41) is 10.3. The molecule has 2 heteroatoms. The van der Waals surface area contributed by atoms with Crippen molar-refractivity contribution < 1.29 is 9.90 Å². The first-order chi connectivity index (χ1) is 20.0. The molecule has 1 saturated carbocycles. The van der Waals surface area contributed by atoms with E-state index in [4.69, 9.17) is 0 Å². The van der Waals surface area contributed by atoms with Crippen LogP contribution in [0.4, 0.5) is 0 Å². The Morgan fingerprint density at radius 1 is 0.744 bits per heavy atom. The van der Waals surface area contributed by atoms with E-state index in [9.17, 15) is 9.90 Å². The summed E-state index contributed by atoms with van der Waals surface area (Å²) in [6.07, 6.45) is 31.7. The molecular formula is C41H58O2. The van der Waals surface area contributed by atoms with Crippen molar-refractivity contribution in [1.82, 2.24) is 0 Å². The van der Waals surface area contributed by atoms with Gasteiger partial charge in [-0.05, 0) is 82.8 Å². The van der Waals surface area contributed by atoms with Crippen LogP contribution in [0.15, 0.2) is 119 Å². The number of aliphatic hydroxyl groups excluding tert-OH is 1. The minimum absolute atomic E-state index is 0.106. The molecule has 0 aromatic carbocycles. The van der Waals surface area contributed by atoms with Gasteiger partial charge in [-0.2, -0.15) is 0 Å². The third-order valence-corrected chi connectivity index (χ3v) is 9.12. The van der Waals surface area contributed by atoms with Gasteiger partial charge in [-0.25, -0.2) is 0 Å². The van der Waals surface area contributed by atoms with Gasteiger partial charge in [0.25, 0.3) is 0 Å². The summed E-state index contributed by atoms with van der Waals surface area (Å²) in [5.41, 5.74) is 7.49. The zero-order valence-electron chi connectivity index (χ0n) is 28.9. The molecule has 0 amide bonds. The van der Waals surface area contributed by atoms with Crippen LogP contribution in [-0.2, 0) is 4.79 Å². The topological polar surface area (TPSA) is 37.3 Å². The Morgan fingerprint density at radius 3 is 1.72 bits per heavy atom. The lowest BCUT2D eigenvalue weighted by atomic mass is 9.69. The molecular weight excluding hydrogens is 524 g/mol. The summed E-state index contributed by atoms with van der Waals surface area (Å²) in [6.45, 7) is 23.8. The van der Waals surface area contributed by atoms with E-state index in [-0.39, 0.29) is 28.4 Å². The highest BCUT2D eigenvalue weighted by Gasteiger charge is 2.49. The molecule has 2 nitrogen and oxygen atoms in total. The number of rotatable bonds is 11. The van der Waals surface area contributed by atoms with Crippen LogP contribution in [-0.4, -0.2) is 17.0 Å². The molecule has 0 heterocycles. The van der Waals surface area contributed by atoms with Crippen LogP contribution in [0.25, 0.3) is 0 Å². The SMILES string of the molecule is CC1=C(/C=C/C(C)=C/C=C/C(C)=C/C=C/C=C(C)/C=C/C=C(C)/C=C/C(=O)[C@@H]2[C@@H](C)C[C@@H](O)C2(C)C)C(C)(C)C[C@H](C)C1. The quantitative estimate of drug-likeness (QED) is 0.194. The van der Waals surface area contributed by atoms with Gasteiger partial charge in [0.15, 0.2) is 5.78 Å². The van der Waals surface area contributed by atoms with Gasteiger partial charge in [-0.1, -0.05) is 148 Å². The Labute approximate surface area is 263 Å². The Morgan fingerprint density at radius 2 is 1.23 bits per heavy atom. The molecule has 0 bridgehead atoms. The van der Waals surface area contributed by atoms with E-state index in [2.05, 4.69) is 116 Å². The van der Waals surface area contributed by atoms with Crippen LogP contribution in [0.2, 0.25) is 0 Å². The molecule has 1 fully saturated rings. The molecule has 0 spiro atoms. The maximum absolute atomic E-state index is 12.8. The molecule has 4 atom stereocenters. The van der Waals surface area contributed by atoms with Crippen molar-refractivity contribution in [3.63, 3.8) is 0 Å². The molecule has 234 valence electrons. The highest BCUT2D eigenvalue weighted by atomic mass is 16.3. The van der Waals surface area contributed by atoms with Crippen molar-refractivity contribution in [2.45, 2.75) is 102 Å². The average Bonchev–Trinajstić information content (AvgIpc) is 3.09. The highest BCUT2D eigenvalue weighted by Crippen LogP contribution is 2.47. The van der Waals surface area contributed by atoms with Crippen molar-refractivity contribution in [2.75, 3.05) is 0 Å². The monoisotopic (exact) mass is 582 g/mol. The largest absolute Gasteiger partial charge is 0.393 e. The van der Waals surface area contributed by atoms with Gasteiger partial charge in [0.2, 0.25) is 0 Å². The van der Waals surface area contributed by atoms with E-state index in [1.54, 1.807) is 6.08 Å². The second kappa shape index (κ2) is 16.2. The lowest BCUT2D eigenvalue weighted by molar-refractivity contribution is -0.123. The Bertz CT molecular complexity index is 1290. The highest BCUT2D eigenvalue weighted by molar-refractivity contribution is 5.93. The first kappa shape index (κ1) is 36.2. The summed E-state index contributed by atoms with van der Waals surface area (Å²) in [7, 11) is 0. The van der Waals surface area contributed by atoms with Crippen LogP contribution in [0.3, 0.4) is 0 Å².